The van der Waals surface area contributed by atoms with Crippen molar-refractivity contribution in [2.45, 2.75) is 37.5 Å². The van der Waals surface area contributed by atoms with Crippen LogP contribution in [0.3, 0.4) is 0 Å². The molecule has 2 fully saturated rings. The summed E-state index contributed by atoms with van der Waals surface area (Å²) < 4.78 is 0. The van der Waals surface area contributed by atoms with Gasteiger partial charge in [0, 0.05) is 11.3 Å². The van der Waals surface area contributed by atoms with Crippen LogP contribution in [0.2, 0.25) is 0 Å². The number of nitrogens with one attached hydrogen (secondary N) is 1. The van der Waals surface area contributed by atoms with Crippen molar-refractivity contribution < 1.29 is 0 Å². The lowest BCUT2D eigenvalue weighted by Gasteiger charge is -2.24. The van der Waals surface area contributed by atoms with Gasteiger partial charge < -0.3 is 5.32 Å². The Labute approximate surface area is 96.2 Å². The summed E-state index contributed by atoms with van der Waals surface area (Å²) in [6.07, 6.45) is 4.26. The summed E-state index contributed by atoms with van der Waals surface area (Å²) in [6.45, 7) is 3.64. The maximum absolute atomic E-state index is 3.77. The normalized spacial score (nSPS) is 34.9. The van der Waals surface area contributed by atoms with Crippen molar-refractivity contribution in [3.63, 3.8) is 0 Å². The van der Waals surface area contributed by atoms with Crippen LogP contribution in [0.5, 0.6) is 0 Å². The quantitative estimate of drug-likeness (QED) is 0.802. The molecule has 1 nitrogen and oxygen atoms in total. The molecule has 0 bridgehead atoms. The van der Waals surface area contributed by atoms with Gasteiger partial charge in [0.25, 0.3) is 0 Å². The topological polar surface area (TPSA) is 12.0 Å². The fourth-order valence-electron chi connectivity index (χ4n) is 2.27. The van der Waals surface area contributed by atoms with E-state index in [4.69, 9.17) is 0 Å². The second-order valence-electron chi connectivity index (χ2n) is 4.44. The maximum Gasteiger partial charge on any atom is 0.0191 e. The Hall–Kier alpha value is 0.660. The summed E-state index contributed by atoms with van der Waals surface area (Å²) >= 11 is 4.25. The van der Waals surface area contributed by atoms with Crippen molar-refractivity contribution in [2.75, 3.05) is 23.8 Å². The number of hydrogen-bond donors (Lipinski definition) is 1. The van der Waals surface area contributed by atoms with Crippen LogP contribution >= 0.6 is 23.5 Å². The smallest absolute Gasteiger partial charge is 0.0191 e. The molecule has 0 amide bonds. The molecule has 2 rings (SSSR count). The van der Waals surface area contributed by atoms with Crippen LogP contribution in [-0.4, -0.2) is 35.1 Å². The average Bonchev–Trinajstić information content (AvgIpc) is 2.63. The van der Waals surface area contributed by atoms with Crippen molar-refractivity contribution in [1.82, 2.24) is 5.32 Å². The predicted molar refractivity (Wildman–Crippen MR) is 68.4 cm³/mol. The molecule has 0 radical (unpaired) electrons. The molecule has 0 saturated carbocycles. The molecule has 2 unspecified atom stereocenters. The Morgan fingerprint density at radius 2 is 1.93 bits per heavy atom. The molecule has 0 aromatic heterocycles. The summed E-state index contributed by atoms with van der Waals surface area (Å²) in [5, 5.41) is 4.61. The van der Waals surface area contributed by atoms with E-state index in [2.05, 4.69) is 35.8 Å². The highest BCUT2D eigenvalue weighted by atomic mass is 32.2. The number of thioether (sulfide) groups is 2. The lowest BCUT2D eigenvalue weighted by molar-refractivity contribution is 0.405. The van der Waals surface area contributed by atoms with Gasteiger partial charge in [-0.25, -0.2) is 0 Å². The van der Waals surface area contributed by atoms with Crippen molar-refractivity contribution in [3.05, 3.63) is 0 Å². The van der Waals surface area contributed by atoms with E-state index in [1.54, 1.807) is 0 Å². The second kappa shape index (κ2) is 5.66. The summed E-state index contributed by atoms with van der Waals surface area (Å²) in [7, 11) is 0. The van der Waals surface area contributed by atoms with Crippen LogP contribution < -0.4 is 5.32 Å². The Morgan fingerprint density at radius 3 is 2.57 bits per heavy atom. The van der Waals surface area contributed by atoms with Gasteiger partial charge in [0.15, 0.2) is 0 Å². The van der Waals surface area contributed by atoms with Crippen LogP contribution in [0.25, 0.3) is 0 Å². The van der Waals surface area contributed by atoms with Gasteiger partial charge in [-0.15, -0.1) is 0 Å². The first-order valence-electron chi connectivity index (χ1n) is 5.79. The first-order valence-corrected chi connectivity index (χ1v) is 7.99. The minimum absolute atomic E-state index is 0.801. The zero-order valence-electron chi connectivity index (χ0n) is 9.00. The van der Waals surface area contributed by atoms with Crippen LogP contribution in [0, 0.1) is 5.92 Å². The molecule has 2 saturated heterocycles. The first-order chi connectivity index (χ1) is 6.86. The SMILES string of the molecule is CC1SCCC1NCC1CCSCC1. The summed E-state index contributed by atoms with van der Waals surface area (Å²) in [5.74, 6) is 5.11. The number of rotatable bonds is 3. The van der Waals surface area contributed by atoms with Crippen molar-refractivity contribution >= 4 is 23.5 Å². The average molecular weight is 231 g/mol. The standard InChI is InChI=1S/C11H21NS2/c1-9-11(4-7-14-9)12-8-10-2-5-13-6-3-10/h9-12H,2-8H2,1H3. The summed E-state index contributed by atoms with van der Waals surface area (Å²) in [5.41, 5.74) is 0. The Kier molecular flexibility index (Phi) is 4.51. The molecule has 0 aromatic carbocycles. The van der Waals surface area contributed by atoms with Crippen LogP contribution in [0.1, 0.15) is 26.2 Å². The largest absolute Gasteiger partial charge is 0.313 e. The van der Waals surface area contributed by atoms with Gasteiger partial charge >= 0.3 is 0 Å². The molecule has 3 heteroatoms. The molecule has 14 heavy (non-hydrogen) atoms. The molecule has 2 atom stereocenters. The minimum Gasteiger partial charge on any atom is -0.313 e. The highest BCUT2D eigenvalue weighted by Gasteiger charge is 2.24. The van der Waals surface area contributed by atoms with Crippen LogP contribution in [-0.2, 0) is 0 Å². The lowest BCUT2D eigenvalue weighted by Crippen LogP contribution is -2.37. The van der Waals surface area contributed by atoms with Gasteiger partial charge in [0.05, 0.1) is 0 Å². The van der Waals surface area contributed by atoms with Gasteiger partial charge in [-0.2, -0.15) is 23.5 Å². The highest BCUT2D eigenvalue weighted by molar-refractivity contribution is 8.00. The van der Waals surface area contributed by atoms with Gasteiger partial charge in [-0.1, -0.05) is 6.92 Å². The predicted octanol–water partition coefficient (Wildman–Crippen LogP) is 2.61. The molecule has 0 aromatic rings. The van der Waals surface area contributed by atoms with Crippen LogP contribution in [0.4, 0.5) is 0 Å². The fraction of sp³-hybridized carbons (Fsp3) is 1.00. The van der Waals surface area contributed by atoms with Gasteiger partial charge in [0.1, 0.15) is 0 Å². The van der Waals surface area contributed by atoms with Crippen molar-refractivity contribution in [3.8, 4) is 0 Å². The van der Waals surface area contributed by atoms with Crippen molar-refractivity contribution in [1.29, 1.82) is 0 Å². The second-order valence-corrected chi connectivity index (χ2v) is 7.14. The molecule has 0 spiro atoms. The molecular formula is C11H21NS2. The zero-order valence-corrected chi connectivity index (χ0v) is 10.6. The molecular weight excluding hydrogens is 210 g/mol. The molecule has 1 N–H and O–H groups in total. The molecule has 0 aliphatic carbocycles. The van der Waals surface area contributed by atoms with E-state index in [-0.39, 0.29) is 0 Å². The zero-order chi connectivity index (χ0) is 9.80. The van der Waals surface area contributed by atoms with Crippen molar-refractivity contribution in [2.24, 2.45) is 5.92 Å². The third-order valence-corrected chi connectivity index (χ3v) is 5.76. The van der Waals surface area contributed by atoms with E-state index in [9.17, 15) is 0 Å². The monoisotopic (exact) mass is 231 g/mol. The lowest BCUT2D eigenvalue weighted by atomic mass is 10.0. The molecule has 2 aliphatic heterocycles. The van der Waals surface area contributed by atoms with E-state index in [1.165, 1.54) is 43.1 Å². The first kappa shape index (κ1) is 11.2. The van der Waals surface area contributed by atoms with Gasteiger partial charge in [-0.05, 0) is 49.0 Å². The Balaban J connectivity index is 1.65. The Morgan fingerprint density at radius 1 is 1.14 bits per heavy atom. The van der Waals surface area contributed by atoms with E-state index >= 15 is 0 Å². The summed E-state index contributed by atoms with van der Waals surface area (Å²) in [4.78, 5) is 0. The minimum atomic E-state index is 0.801. The maximum atomic E-state index is 3.77. The van der Waals surface area contributed by atoms with Crippen LogP contribution in [0.15, 0.2) is 0 Å². The van der Waals surface area contributed by atoms with E-state index in [0.717, 1.165) is 17.2 Å². The fourth-order valence-corrected chi connectivity index (χ4v) is 4.70. The van der Waals surface area contributed by atoms with E-state index in [0.29, 0.717) is 0 Å². The van der Waals surface area contributed by atoms with Gasteiger partial charge in [-0.3, -0.25) is 0 Å². The molecule has 2 aliphatic rings. The third-order valence-electron chi connectivity index (χ3n) is 3.39. The number of hydrogen-bond acceptors (Lipinski definition) is 3. The molecule has 82 valence electrons. The Bertz CT molecular complexity index is 169. The van der Waals surface area contributed by atoms with E-state index < -0.39 is 0 Å². The van der Waals surface area contributed by atoms with Gasteiger partial charge in [0.2, 0.25) is 0 Å². The molecule has 2 heterocycles. The summed E-state index contributed by atoms with van der Waals surface area (Å²) in [6, 6.07) is 0.801. The third kappa shape index (κ3) is 3.07. The highest BCUT2D eigenvalue weighted by Crippen LogP contribution is 2.27. The van der Waals surface area contributed by atoms with E-state index in [1.807, 2.05) is 0 Å².